The van der Waals surface area contributed by atoms with E-state index in [4.69, 9.17) is 5.11 Å². The number of hydrogen-bond donors (Lipinski definition) is 1. The molecule has 0 unspecified atom stereocenters. The molecule has 1 saturated heterocycles. The summed E-state index contributed by atoms with van der Waals surface area (Å²) in [6.07, 6.45) is 1.05. The molecular formula is C14H19NO2. The van der Waals surface area contributed by atoms with Crippen LogP contribution < -0.4 is 0 Å². The number of carboxylic acids is 1. The highest BCUT2D eigenvalue weighted by Crippen LogP contribution is 2.32. The summed E-state index contributed by atoms with van der Waals surface area (Å²) in [5, 5.41) is 8.86. The van der Waals surface area contributed by atoms with Crippen molar-refractivity contribution in [2.24, 2.45) is 0 Å². The molecule has 1 N–H and O–H groups in total. The van der Waals surface area contributed by atoms with E-state index in [0.29, 0.717) is 12.0 Å². The molecule has 3 nitrogen and oxygen atoms in total. The second kappa shape index (κ2) is 4.88. The number of rotatable bonds is 3. The minimum absolute atomic E-state index is 0.156. The first-order valence-electron chi connectivity index (χ1n) is 6.09. The molecule has 2 atom stereocenters. The van der Waals surface area contributed by atoms with Crippen LogP contribution in [0.15, 0.2) is 24.3 Å². The Morgan fingerprint density at radius 1 is 1.47 bits per heavy atom. The first kappa shape index (κ1) is 12.1. The molecule has 2 rings (SSSR count). The molecule has 1 aromatic carbocycles. The van der Waals surface area contributed by atoms with E-state index >= 15 is 0 Å². The highest BCUT2D eigenvalue weighted by atomic mass is 16.4. The summed E-state index contributed by atoms with van der Waals surface area (Å²) in [5.41, 5.74) is 2.68. The summed E-state index contributed by atoms with van der Waals surface area (Å²) >= 11 is 0. The molecule has 0 saturated carbocycles. The van der Waals surface area contributed by atoms with E-state index in [1.165, 1.54) is 11.1 Å². The van der Waals surface area contributed by atoms with Gasteiger partial charge in [0.05, 0.1) is 6.54 Å². The van der Waals surface area contributed by atoms with Crippen LogP contribution >= 0.6 is 0 Å². The zero-order valence-electron chi connectivity index (χ0n) is 10.4. The van der Waals surface area contributed by atoms with Crippen molar-refractivity contribution in [2.75, 3.05) is 13.1 Å². The number of likely N-dealkylation sites (tertiary alicyclic amines) is 1. The molecule has 0 aromatic heterocycles. The van der Waals surface area contributed by atoms with Gasteiger partial charge in [0.15, 0.2) is 0 Å². The molecule has 1 aromatic rings. The van der Waals surface area contributed by atoms with E-state index in [-0.39, 0.29) is 6.54 Å². The van der Waals surface area contributed by atoms with Gasteiger partial charge in [-0.15, -0.1) is 0 Å². The van der Waals surface area contributed by atoms with Crippen LogP contribution in [0, 0.1) is 6.92 Å². The van der Waals surface area contributed by atoms with Crippen LogP contribution in [0.2, 0.25) is 0 Å². The van der Waals surface area contributed by atoms with E-state index in [1.807, 2.05) is 6.07 Å². The van der Waals surface area contributed by atoms with Crippen molar-refractivity contribution in [3.05, 3.63) is 35.4 Å². The minimum Gasteiger partial charge on any atom is -0.480 e. The number of carboxylic acid groups (broad SMARTS) is 1. The second-order valence-corrected chi connectivity index (χ2v) is 4.96. The summed E-state index contributed by atoms with van der Waals surface area (Å²) in [4.78, 5) is 12.8. The molecule has 0 aliphatic carbocycles. The zero-order valence-corrected chi connectivity index (χ0v) is 10.4. The standard InChI is InChI=1S/C14H19NO2/c1-10-5-3-4-6-13(10)12-7-11(2)15(8-12)9-14(16)17/h3-6,11-12H,7-9H2,1-2H3,(H,16,17)/t11-,12-/m0/s1. The van der Waals surface area contributed by atoms with Crippen molar-refractivity contribution in [1.82, 2.24) is 4.90 Å². The van der Waals surface area contributed by atoms with Gasteiger partial charge in [-0.25, -0.2) is 0 Å². The van der Waals surface area contributed by atoms with E-state index in [9.17, 15) is 4.79 Å². The first-order valence-corrected chi connectivity index (χ1v) is 6.09. The lowest BCUT2D eigenvalue weighted by atomic mass is 9.93. The van der Waals surface area contributed by atoms with Crippen molar-refractivity contribution in [2.45, 2.75) is 32.2 Å². The van der Waals surface area contributed by atoms with Gasteiger partial charge < -0.3 is 5.11 Å². The molecule has 1 aliphatic rings. The molecule has 1 heterocycles. The predicted octanol–water partition coefficient (Wildman–Crippen LogP) is 2.26. The average Bonchev–Trinajstić information content (AvgIpc) is 2.60. The average molecular weight is 233 g/mol. The number of hydrogen-bond acceptors (Lipinski definition) is 2. The summed E-state index contributed by atoms with van der Waals surface area (Å²) in [7, 11) is 0. The Morgan fingerprint density at radius 2 is 2.18 bits per heavy atom. The highest BCUT2D eigenvalue weighted by Gasteiger charge is 2.31. The van der Waals surface area contributed by atoms with Gasteiger partial charge in [-0.1, -0.05) is 24.3 Å². The van der Waals surface area contributed by atoms with Gasteiger partial charge in [0, 0.05) is 12.6 Å². The van der Waals surface area contributed by atoms with E-state index < -0.39 is 5.97 Å². The number of aryl methyl sites for hydroxylation is 1. The fraction of sp³-hybridized carbons (Fsp3) is 0.500. The number of aliphatic carboxylic acids is 1. The second-order valence-electron chi connectivity index (χ2n) is 4.96. The third-order valence-electron chi connectivity index (χ3n) is 3.67. The molecule has 0 amide bonds. The number of benzene rings is 1. The van der Waals surface area contributed by atoms with Crippen LogP contribution in [-0.2, 0) is 4.79 Å². The lowest BCUT2D eigenvalue weighted by Gasteiger charge is -2.18. The normalized spacial score (nSPS) is 25.1. The Kier molecular flexibility index (Phi) is 3.48. The van der Waals surface area contributed by atoms with Crippen LogP contribution in [0.3, 0.4) is 0 Å². The van der Waals surface area contributed by atoms with Crippen LogP contribution in [0.1, 0.15) is 30.4 Å². The predicted molar refractivity (Wildman–Crippen MR) is 67.2 cm³/mol. The Hall–Kier alpha value is -1.35. The van der Waals surface area contributed by atoms with Gasteiger partial charge in [-0.3, -0.25) is 9.69 Å². The lowest BCUT2D eigenvalue weighted by Crippen LogP contribution is -2.32. The van der Waals surface area contributed by atoms with Crippen molar-refractivity contribution in [1.29, 1.82) is 0 Å². The third kappa shape index (κ3) is 2.67. The van der Waals surface area contributed by atoms with Crippen LogP contribution in [0.5, 0.6) is 0 Å². The smallest absolute Gasteiger partial charge is 0.317 e. The maximum atomic E-state index is 10.8. The molecule has 17 heavy (non-hydrogen) atoms. The largest absolute Gasteiger partial charge is 0.480 e. The zero-order chi connectivity index (χ0) is 12.4. The number of nitrogens with zero attached hydrogens (tertiary/aromatic N) is 1. The monoisotopic (exact) mass is 233 g/mol. The quantitative estimate of drug-likeness (QED) is 0.870. The Balaban J connectivity index is 2.11. The Bertz CT molecular complexity index is 416. The fourth-order valence-electron chi connectivity index (χ4n) is 2.76. The van der Waals surface area contributed by atoms with Crippen molar-refractivity contribution in [3.8, 4) is 0 Å². The fourth-order valence-corrected chi connectivity index (χ4v) is 2.76. The molecule has 3 heteroatoms. The number of carbonyl (C=O) groups is 1. The highest BCUT2D eigenvalue weighted by molar-refractivity contribution is 5.69. The Morgan fingerprint density at radius 3 is 2.82 bits per heavy atom. The maximum Gasteiger partial charge on any atom is 0.317 e. The van der Waals surface area contributed by atoms with Gasteiger partial charge >= 0.3 is 5.97 Å². The molecule has 0 radical (unpaired) electrons. The molecule has 1 aliphatic heterocycles. The van der Waals surface area contributed by atoms with Gasteiger partial charge in [-0.2, -0.15) is 0 Å². The van der Waals surface area contributed by atoms with Crippen molar-refractivity contribution in [3.63, 3.8) is 0 Å². The molecule has 0 spiro atoms. The van der Waals surface area contributed by atoms with Crippen LogP contribution in [0.25, 0.3) is 0 Å². The first-order chi connectivity index (χ1) is 8.08. The molecule has 0 bridgehead atoms. The summed E-state index contributed by atoms with van der Waals surface area (Å²) in [6, 6.07) is 8.76. The van der Waals surface area contributed by atoms with Crippen LogP contribution in [-0.4, -0.2) is 35.1 Å². The topological polar surface area (TPSA) is 40.5 Å². The van der Waals surface area contributed by atoms with Crippen LogP contribution in [0.4, 0.5) is 0 Å². The van der Waals surface area contributed by atoms with Gasteiger partial charge in [0.1, 0.15) is 0 Å². The third-order valence-corrected chi connectivity index (χ3v) is 3.67. The SMILES string of the molecule is Cc1ccccc1[C@H]1C[C@H](C)N(CC(=O)O)C1. The molecular weight excluding hydrogens is 214 g/mol. The summed E-state index contributed by atoms with van der Waals surface area (Å²) in [5.74, 6) is -0.257. The van der Waals surface area contributed by atoms with Crippen molar-refractivity contribution < 1.29 is 9.90 Å². The Labute approximate surface area is 102 Å². The molecule has 92 valence electrons. The van der Waals surface area contributed by atoms with Gasteiger partial charge in [0.2, 0.25) is 0 Å². The minimum atomic E-state index is -0.734. The summed E-state index contributed by atoms with van der Waals surface area (Å²) in [6.45, 7) is 5.25. The van der Waals surface area contributed by atoms with Crippen molar-refractivity contribution >= 4 is 5.97 Å². The van der Waals surface area contributed by atoms with E-state index in [1.54, 1.807) is 0 Å². The summed E-state index contributed by atoms with van der Waals surface area (Å²) < 4.78 is 0. The lowest BCUT2D eigenvalue weighted by molar-refractivity contribution is -0.138. The molecule has 1 fully saturated rings. The van der Waals surface area contributed by atoms with Gasteiger partial charge in [-0.05, 0) is 37.3 Å². The van der Waals surface area contributed by atoms with Gasteiger partial charge in [0.25, 0.3) is 0 Å². The van der Waals surface area contributed by atoms with E-state index in [2.05, 4.69) is 36.9 Å². The maximum absolute atomic E-state index is 10.8. The van der Waals surface area contributed by atoms with E-state index in [0.717, 1.165) is 13.0 Å².